The number of hydrogen-bond acceptors (Lipinski definition) is 5. The molecule has 1 heterocycles. The van der Waals surface area contributed by atoms with Crippen molar-refractivity contribution in [1.82, 2.24) is 14.8 Å². The van der Waals surface area contributed by atoms with Crippen molar-refractivity contribution in [3.05, 3.63) is 41.5 Å². The Balaban J connectivity index is 2.05. The molecule has 0 aliphatic carbocycles. The summed E-state index contributed by atoms with van der Waals surface area (Å²) in [4.78, 5) is 16.1. The number of anilines is 1. The molecule has 0 aliphatic heterocycles. The largest absolute Gasteiger partial charge is 0.454 e. The first kappa shape index (κ1) is 14.0. The molecule has 106 valence electrons. The van der Waals surface area contributed by atoms with Crippen LogP contribution in [0.15, 0.2) is 24.5 Å². The predicted molar refractivity (Wildman–Crippen MR) is 75.0 cm³/mol. The van der Waals surface area contributed by atoms with Crippen LogP contribution in [0.5, 0.6) is 0 Å². The first-order valence-electron chi connectivity index (χ1n) is 6.52. The minimum absolute atomic E-state index is 0.0895. The number of carbonyl (C=O) groups excluding carboxylic acids is 1. The van der Waals surface area contributed by atoms with Crippen LogP contribution in [0.3, 0.4) is 0 Å². The SMILES string of the molecule is CCCn1ncnc1COC(=O)c1cccc(C)c1N. The van der Waals surface area contributed by atoms with Gasteiger partial charge in [-0.1, -0.05) is 19.1 Å². The molecule has 0 fully saturated rings. The van der Waals surface area contributed by atoms with E-state index < -0.39 is 5.97 Å². The zero-order valence-corrected chi connectivity index (χ0v) is 11.7. The standard InChI is InChI=1S/C14H18N4O2/c1-3-7-18-12(16-9-17-18)8-20-14(19)11-6-4-5-10(2)13(11)15/h4-6,9H,3,7-8,15H2,1-2H3. The third-order valence-electron chi connectivity index (χ3n) is 3.01. The number of nitrogens with zero attached hydrogens (tertiary/aromatic N) is 3. The smallest absolute Gasteiger partial charge is 0.340 e. The molecule has 6 heteroatoms. The van der Waals surface area contributed by atoms with Gasteiger partial charge in [-0.25, -0.2) is 14.5 Å². The lowest BCUT2D eigenvalue weighted by atomic mass is 10.1. The first-order valence-corrected chi connectivity index (χ1v) is 6.52. The van der Waals surface area contributed by atoms with Crippen molar-refractivity contribution >= 4 is 11.7 Å². The first-order chi connectivity index (χ1) is 9.63. The lowest BCUT2D eigenvalue weighted by Gasteiger charge is -2.09. The third-order valence-corrected chi connectivity index (χ3v) is 3.01. The normalized spacial score (nSPS) is 10.5. The van der Waals surface area contributed by atoms with Crippen LogP contribution in [-0.2, 0) is 17.9 Å². The summed E-state index contributed by atoms with van der Waals surface area (Å²) in [7, 11) is 0. The van der Waals surface area contributed by atoms with E-state index in [2.05, 4.69) is 10.1 Å². The van der Waals surface area contributed by atoms with Crippen molar-refractivity contribution in [2.75, 3.05) is 5.73 Å². The molecule has 0 aliphatic rings. The lowest BCUT2D eigenvalue weighted by Crippen LogP contribution is -2.12. The van der Waals surface area contributed by atoms with Crippen LogP contribution >= 0.6 is 0 Å². The van der Waals surface area contributed by atoms with Gasteiger partial charge in [-0.3, -0.25) is 0 Å². The van der Waals surface area contributed by atoms with Crippen LogP contribution in [0.25, 0.3) is 0 Å². The van der Waals surface area contributed by atoms with E-state index >= 15 is 0 Å². The summed E-state index contributed by atoms with van der Waals surface area (Å²) in [6.45, 7) is 4.74. The second-order valence-corrected chi connectivity index (χ2v) is 4.51. The quantitative estimate of drug-likeness (QED) is 0.665. The molecule has 1 aromatic carbocycles. The van der Waals surface area contributed by atoms with Crippen LogP contribution in [0.1, 0.15) is 35.1 Å². The summed E-state index contributed by atoms with van der Waals surface area (Å²) in [6.07, 6.45) is 2.40. The summed E-state index contributed by atoms with van der Waals surface area (Å²) in [5, 5.41) is 4.08. The molecule has 0 atom stereocenters. The predicted octanol–water partition coefficient (Wildman–Crippen LogP) is 1.94. The molecule has 0 saturated carbocycles. The summed E-state index contributed by atoms with van der Waals surface area (Å²) in [6, 6.07) is 5.29. The van der Waals surface area contributed by atoms with E-state index in [1.807, 2.05) is 19.9 Å². The average Bonchev–Trinajstić information content (AvgIpc) is 2.87. The summed E-state index contributed by atoms with van der Waals surface area (Å²) < 4.78 is 6.98. The third kappa shape index (κ3) is 2.96. The topological polar surface area (TPSA) is 83.0 Å². The van der Waals surface area contributed by atoms with Crippen LogP contribution in [0, 0.1) is 6.92 Å². The maximum absolute atomic E-state index is 12.0. The molecule has 0 radical (unpaired) electrons. The highest BCUT2D eigenvalue weighted by molar-refractivity contribution is 5.95. The molecule has 2 aromatic rings. The number of ether oxygens (including phenoxy) is 1. The molecule has 0 unspecified atom stereocenters. The molecular formula is C14H18N4O2. The molecule has 1 aromatic heterocycles. The molecule has 0 saturated heterocycles. The van der Waals surface area contributed by atoms with Crippen molar-refractivity contribution in [2.45, 2.75) is 33.4 Å². The Hall–Kier alpha value is -2.37. The summed E-state index contributed by atoms with van der Waals surface area (Å²) >= 11 is 0. The maximum atomic E-state index is 12.0. The zero-order valence-electron chi connectivity index (χ0n) is 11.7. The number of nitrogens with two attached hydrogens (primary N) is 1. The van der Waals surface area contributed by atoms with Crippen LogP contribution in [-0.4, -0.2) is 20.7 Å². The van der Waals surface area contributed by atoms with E-state index in [4.69, 9.17) is 10.5 Å². The molecule has 0 amide bonds. The Morgan fingerprint density at radius 3 is 3.00 bits per heavy atom. The second-order valence-electron chi connectivity index (χ2n) is 4.51. The van der Waals surface area contributed by atoms with Gasteiger partial charge in [0, 0.05) is 12.2 Å². The monoisotopic (exact) mass is 274 g/mol. The average molecular weight is 274 g/mol. The number of carbonyl (C=O) groups is 1. The molecule has 0 bridgehead atoms. The van der Waals surface area contributed by atoms with Crippen molar-refractivity contribution in [3.63, 3.8) is 0 Å². The van der Waals surface area contributed by atoms with Gasteiger partial charge < -0.3 is 10.5 Å². The fourth-order valence-corrected chi connectivity index (χ4v) is 1.86. The van der Waals surface area contributed by atoms with Crippen molar-refractivity contribution in [2.24, 2.45) is 0 Å². The van der Waals surface area contributed by atoms with Gasteiger partial charge in [0.15, 0.2) is 12.4 Å². The summed E-state index contributed by atoms with van der Waals surface area (Å²) in [5.41, 5.74) is 7.56. The Morgan fingerprint density at radius 2 is 2.25 bits per heavy atom. The number of aryl methyl sites for hydroxylation is 2. The van der Waals surface area contributed by atoms with Gasteiger partial charge in [0.25, 0.3) is 0 Å². The molecule has 2 rings (SSSR count). The second kappa shape index (κ2) is 6.18. The van der Waals surface area contributed by atoms with Crippen molar-refractivity contribution < 1.29 is 9.53 Å². The molecular weight excluding hydrogens is 256 g/mol. The van der Waals surface area contributed by atoms with Gasteiger partial charge in [0.2, 0.25) is 0 Å². The van der Waals surface area contributed by atoms with Gasteiger partial charge in [-0.05, 0) is 25.0 Å². The highest BCUT2D eigenvalue weighted by atomic mass is 16.5. The number of esters is 1. The Bertz CT molecular complexity index is 607. The number of aromatic nitrogens is 3. The number of para-hydroxylation sites is 1. The van der Waals surface area contributed by atoms with E-state index in [1.165, 1.54) is 6.33 Å². The number of benzene rings is 1. The van der Waals surface area contributed by atoms with E-state index in [9.17, 15) is 4.79 Å². The van der Waals surface area contributed by atoms with Crippen molar-refractivity contribution in [3.8, 4) is 0 Å². The maximum Gasteiger partial charge on any atom is 0.340 e. The van der Waals surface area contributed by atoms with E-state index in [0.717, 1.165) is 18.5 Å². The van der Waals surface area contributed by atoms with Crippen LogP contribution in [0.4, 0.5) is 5.69 Å². The molecule has 20 heavy (non-hydrogen) atoms. The van der Waals surface area contributed by atoms with E-state index in [1.54, 1.807) is 16.8 Å². The molecule has 0 spiro atoms. The number of rotatable bonds is 5. The molecule has 2 N–H and O–H groups in total. The highest BCUT2D eigenvalue weighted by Crippen LogP contribution is 2.17. The summed E-state index contributed by atoms with van der Waals surface area (Å²) in [5.74, 6) is 0.184. The fraction of sp³-hybridized carbons (Fsp3) is 0.357. The number of nitrogen functional groups attached to an aromatic ring is 1. The van der Waals surface area contributed by atoms with E-state index in [0.29, 0.717) is 17.1 Å². The van der Waals surface area contributed by atoms with Crippen LogP contribution in [0.2, 0.25) is 0 Å². The minimum atomic E-state index is -0.447. The minimum Gasteiger partial charge on any atom is -0.454 e. The van der Waals surface area contributed by atoms with Gasteiger partial charge in [-0.15, -0.1) is 0 Å². The van der Waals surface area contributed by atoms with Gasteiger partial charge in [0.05, 0.1) is 5.56 Å². The highest BCUT2D eigenvalue weighted by Gasteiger charge is 2.14. The Kier molecular flexibility index (Phi) is 4.34. The van der Waals surface area contributed by atoms with E-state index in [-0.39, 0.29) is 6.61 Å². The van der Waals surface area contributed by atoms with Crippen LogP contribution < -0.4 is 5.73 Å². The van der Waals surface area contributed by atoms with Gasteiger partial charge >= 0.3 is 5.97 Å². The van der Waals surface area contributed by atoms with Gasteiger partial charge in [0.1, 0.15) is 6.33 Å². The van der Waals surface area contributed by atoms with Crippen molar-refractivity contribution in [1.29, 1.82) is 0 Å². The molecule has 6 nitrogen and oxygen atoms in total. The Morgan fingerprint density at radius 1 is 1.45 bits per heavy atom. The lowest BCUT2D eigenvalue weighted by molar-refractivity contribution is 0.0458. The number of hydrogen-bond donors (Lipinski definition) is 1. The Labute approximate surface area is 117 Å². The zero-order chi connectivity index (χ0) is 14.5. The fourth-order valence-electron chi connectivity index (χ4n) is 1.86. The van der Waals surface area contributed by atoms with Gasteiger partial charge in [-0.2, -0.15) is 5.10 Å².